The Hall–Kier alpha value is -2.64. The first-order valence-corrected chi connectivity index (χ1v) is 8.60. The minimum Gasteiger partial charge on any atom is -0.489 e. The summed E-state index contributed by atoms with van der Waals surface area (Å²) >= 11 is 9.12. The molecule has 0 aliphatic carbocycles. The summed E-state index contributed by atoms with van der Waals surface area (Å²) in [6.07, 6.45) is 3.00. The molecule has 0 fully saturated rings. The fourth-order valence-corrected chi connectivity index (χ4v) is 2.34. The van der Waals surface area contributed by atoms with Crippen LogP contribution in [-0.4, -0.2) is 24.6 Å². The van der Waals surface area contributed by atoms with Crippen LogP contribution in [0.1, 0.15) is 5.56 Å². The maximum Gasteiger partial charge on any atom is 0.329 e. The van der Waals surface area contributed by atoms with Crippen LogP contribution in [0.15, 0.2) is 64.7 Å². The van der Waals surface area contributed by atoms with Gasteiger partial charge in [-0.1, -0.05) is 40.2 Å². The van der Waals surface area contributed by atoms with Gasteiger partial charge in [0.05, 0.1) is 6.21 Å². The average Bonchev–Trinajstić information content (AvgIpc) is 2.62. The minimum absolute atomic E-state index is 0.332. The maximum atomic E-state index is 11.8. The SMILES string of the molecule is C=CCOc1ccc(Br)cc1/C=N\NC(=O)C(=O)Nc1ccc(Cl)cc1. The molecule has 0 heterocycles. The molecule has 0 atom stereocenters. The van der Waals surface area contributed by atoms with Gasteiger partial charge in [0.1, 0.15) is 12.4 Å². The van der Waals surface area contributed by atoms with Crippen LogP contribution in [0.5, 0.6) is 5.75 Å². The number of hydrazone groups is 1. The van der Waals surface area contributed by atoms with E-state index in [1.165, 1.54) is 6.21 Å². The van der Waals surface area contributed by atoms with Crippen LogP contribution in [0.2, 0.25) is 5.02 Å². The summed E-state index contributed by atoms with van der Waals surface area (Å²) in [6, 6.07) is 11.7. The number of rotatable bonds is 6. The maximum absolute atomic E-state index is 11.8. The number of halogens is 2. The molecule has 2 N–H and O–H groups in total. The van der Waals surface area contributed by atoms with E-state index in [1.807, 2.05) is 6.07 Å². The molecule has 0 unspecified atom stereocenters. The lowest BCUT2D eigenvalue weighted by molar-refractivity contribution is -0.136. The first-order valence-electron chi connectivity index (χ1n) is 7.43. The van der Waals surface area contributed by atoms with Crippen LogP contribution in [0, 0.1) is 0 Å². The van der Waals surface area contributed by atoms with E-state index in [0.29, 0.717) is 28.6 Å². The third-order valence-corrected chi connectivity index (χ3v) is 3.75. The first-order chi connectivity index (χ1) is 12.5. The van der Waals surface area contributed by atoms with Crippen LogP contribution in [-0.2, 0) is 9.59 Å². The molecule has 8 heteroatoms. The molecule has 0 saturated heterocycles. The molecule has 26 heavy (non-hydrogen) atoms. The Bertz CT molecular complexity index is 838. The highest BCUT2D eigenvalue weighted by Crippen LogP contribution is 2.21. The molecule has 0 bridgehead atoms. The van der Waals surface area contributed by atoms with E-state index in [9.17, 15) is 9.59 Å². The second-order valence-corrected chi connectivity index (χ2v) is 6.29. The molecule has 0 saturated carbocycles. The van der Waals surface area contributed by atoms with Gasteiger partial charge in [-0.2, -0.15) is 5.10 Å². The normalized spacial score (nSPS) is 10.4. The zero-order valence-corrected chi connectivity index (χ0v) is 15.9. The Balaban J connectivity index is 1.97. The van der Waals surface area contributed by atoms with Crippen molar-refractivity contribution < 1.29 is 14.3 Å². The number of benzene rings is 2. The fraction of sp³-hybridized carbons (Fsp3) is 0.0556. The molecule has 134 valence electrons. The summed E-state index contributed by atoms with van der Waals surface area (Å²) in [4.78, 5) is 23.6. The smallest absolute Gasteiger partial charge is 0.329 e. The van der Waals surface area contributed by atoms with Gasteiger partial charge < -0.3 is 10.1 Å². The summed E-state index contributed by atoms with van der Waals surface area (Å²) in [7, 11) is 0. The van der Waals surface area contributed by atoms with Crippen LogP contribution in [0.3, 0.4) is 0 Å². The van der Waals surface area contributed by atoms with Crippen LogP contribution >= 0.6 is 27.5 Å². The minimum atomic E-state index is -0.903. The Kier molecular flexibility index (Phi) is 7.37. The number of ether oxygens (including phenoxy) is 1. The number of amides is 2. The molecule has 2 rings (SSSR count). The van der Waals surface area contributed by atoms with Crippen LogP contribution < -0.4 is 15.5 Å². The molecule has 2 amide bonds. The fourth-order valence-electron chi connectivity index (χ4n) is 1.83. The number of hydrogen-bond acceptors (Lipinski definition) is 4. The van der Waals surface area contributed by atoms with Gasteiger partial charge in [0.2, 0.25) is 0 Å². The lowest BCUT2D eigenvalue weighted by Crippen LogP contribution is -2.32. The van der Waals surface area contributed by atoms with Crippen molar-refractivity contribution in [1.29, 1.82) is 0 Å². The second-order valence-electron chi connectivity index (χ2n) is 4.94. The van der Waals surface area contributed by atoms with Gasteiger partial charge in [0, 0.05) is 20.7 Å². The van der Waals surface area contributed by atoms with Gasteiger partial charge in [-0.05, 0) is 42.5 Å². The highest BCUT2D eigenvalue weighted by atomic mass is 79.9. The highest BCUT2D eigenvalue weighted by Gasteiger charge is 2.12. The predicted octanol–water partition coefficient (Wildman–Crippen LogP) is 3.76. The van der Waals surface area contributed by atoms with Gasteiger partial charge in [0.25, 0.3) is 0 Å². The largest absolute Gasteiger partial charge is 0.489 e. The van der Waals surface area contributed by atoms with Gasteiger partial charge in [-0.25, -0.2) is 5.43 Å². The van der Waals surface area contributed by atoms with E-state index >= 15 is 0 Å². The monoisotopic (exact) mass is 435 g/mol. The molecule has 0 spiro atoms. The van der Waals surface area contributed by atoms with Crippen LogP contribution in [0.4, 0.5) is 5.69 Å². The molecule has 0 aliphatic rings. The molecule has 0 aliphatic heterocycles. The summed E-state index contributed by atoms with van der Waals surface area (Å²) < 4.78 is 6.32. The predicted molar refractivity (Wildman–Crippen MR) is 106 cm³/mol. The van der Waals surface area contributed by atoms with E-state index in [1.54, 1.807) is 42.5 Å². The number of hydrogen-bond donors (Lipinski definition) is 2. The van der Waals surface area contributed by atoms with Crippen molar-refractivity contribution in [3.05, 3.63) is 70.2 Å². The average molecular weight is 437 g/mol. The first kappa shape index (κ1) is 19.7. The summed E-state index contributed by atoms with van der Waals surface area (Å²) in [5.41, 5.74) is 3.24. The quantitative estimate of drug-likeness (QED) is 0.313. The molecular formula is C18H15BrClN3O3. The van der Waals surface area contributed by atoms with Crippen molar-refractivity contribution in [2.24, 2.45) is 5.10 Å². The van der Waals surface area contributed by atoms with Gasteiger partial charge in [-0.3, -0.25) is 9.59 Å². The van der Waals surface area contributed by atoms with E-state index in [0.717, 1.165) is 4.47 Å². The van der Waals surface area contributed by atoms with Crippen molar-refractivity contribution in [3.63, 3.8) is 0 Å². The standard InChI is InChI=1S/C18H15BrClN3O3/c1-2-9-26-16-8-3-13(19)10-12(16)11-21-23-18(25)17(24)22-15-6-4-14(20)5-7-15/h2-8,10-11H,1,9H2,(H,22,24)(H,23,25)/b21-11-. The lowest BCUT2D eigenvalue weighted by atomic mass is 10.2. The van der Waals surface area contributed by atoms with E-state index in [-0.39, 0.29) is 0 Å². The molecule has 2 aromatic rings. The van der Waals surface area contributed by atoms with Crippen molar-refractivity contribution in [1.82, 2.24) is 5.43 Å². The second kappa shape index (κ2) is 9.74. The number of nitrogens with one attached hydrogen (secondary N) is 2. The molecule has 0 radical (unpaired) electrons. The van der Waals surface area contributed by atoms with E-state index in [4.69, 9.17) is 16.3 Å². The Morgan fingerprint density at radius 3 is 2.62 bits per heavy atom. The third-order valence-electron chi connectivity index (χ3n) is 3.01. The van der Waals surface area contributed by atoms with Crippen molar-refractivity contribution in [3.8, 4) is 5.75 Å². The topological polar surface area (TPSA) is 79.8 Å². The summed E-state index contributed by atoms with van der Waals surface area (Å²) in [5, 5.41) is 6.76. The number of anilines is 1. The van der Waals surface area contributed by atoms with Gasteiger partial charge in [0.15, 0.2) is 0 Å². The van der Waals surface area contributed by atoms with E-state index < -0.39 is 11.8 Å². The van der Waals surface area contributed by atoms with Crippen molar-refractivity contribution in [2.75, 3.05) is 11.9 Å². The summed E-state index contributed by atoms with van der Waals surface area (Å²) in [6.45, 7) is 3.92. The molecule has 6 nitrogen and oxygen atoms in total. The third kappa shape index (κ3) is 6.02. The zero-order valence-electron chi connectivity index (χ0n) is 13.5. The number of nitrogens with zero attached hydrogens (tertiary/aromatic N) is 1. The number of carbonyl (C=O) groups excluding carboxylic acids is 2. The van der Waals surface area contributed by atoms with Crippen LogP contribution in [0.25, 0.3) is 0 Å². The molecule has 2 aromatic carbocycles. The van der Waals surface area contributed by atoms with Gasteiger partial charge in [-0.15, -0.1) is 0 Å². The zero-order chi connectivity index (χ0) is 18.9. The Morgan fingerprint density at radius 2 is 1.92 bits per heavy atom. The van der Waals surface area contributed by atoms with Crippen molar-refractivity contribution >= 4 is 51.2 Å². The Morgan fingerprint density at radius 1 is 1.19 bits per heavy atom. The Labute approximate surface area is 164 Å². The van der Waals surface area contributed by atoms with Gasteiger partial charge >= 0.3 is 11.8 Å². The lowest BCUT2D eigenvalue weighted by Gasteiger charge is -2.07. The summed E-state index contributed by atoms with van der Waals surface area (Å²) in [5.74, 6) is -1.18. The van der Waals surface area contributed by atoms with E-state index in [2.05, 4.69) is 38.4 Å². The molecular weight excluding hydrogens is 422 g/mol. The number of carbonyl (C=O) groups is 2. The highest BCUT2D eigenvalue weighted by molar-refractivity contribution is 9.10. The van der Waals surface area contributed by atoms with Crippen molar-refractivity contribution in [2.45, 2.75) is 0 Å². The molecule has 0 aromatic heterocycles.